The Morgan fingerprint density at radius 3 is 2.50 bits per heavy atom. The van der Waals surface area contributed by atoms with E-state index in [9.17, 15) is 17.6 Å². The number of amides is 1. The number of nitrogens with one attached hydrogen (secondary N) is 1. The Kier molecular flexibility index (Phi) is 6.39. The van der Waals surface area contributed by atoms with Gasteiger partial charge in [-0.05, 0) is 38.1 Å². The number of carbonyl (C=O) groups is 1. The number of benzene rings is 2. The number of halogens is 2. The molecular weight excluding hydrogens is 379 g/mol. The molecule has 140 valence electrons. The molecule has 0 aliphatic heterocycles. The highest BCUT2D eigenvalue weighted by Crippen LogP contribution is 2.23. The van der Waals surface area contributed by atoms with Crippen molar-refractivity contribution in [1.82, 2.24) is 9.62 Å². The van der Waals surface area contributed by atoms with Crippen molar-refractivity contribution in [2.75, 3.05) is 7.05 Å². The monoisotopic (exact) mass is 398 g/mol. The summed E-state index contributed by atoms with van der Waals surface area (Å²) in [6.07, 6.45) is 0. The first-order valence-electron chi connectivity index (χ1n) is 7.93. The van der Waals surface area contributed by atoms with Crippen LogP contribution in [0.2, 0.25) is 5.02 Å². The Hall–Kier alpha value is -1.96. The molecule has 0 saturated heterocycles. The lowest BCUT2D eigenvalue weighted by molar-refractivity contribution is 0.0950. The molecule has 0 spiro atoms. The molecule has 2 aromatic carbocycles. The van der Waals surface area contributed by atoms with Gasteiger partial charge in [0.05, 0.1) is 15.5 Å². The SMILES string of the molecule is CC(C)N(C)S(=O)(=O)c1ccc(Cl)c(C(=O)NCc2ccccc2F)c1. The second kappa shape index (κ2) is 8.16. The molecule has 0 fully saturated rings. The maximum absolute atomic E-state index is 13.6. The average molecular weight is 399 g/mol. The van der Waals surface area contributed by atoms with E-state index in [1.165, 1.54) is 35.6 Å². The topological polar surface area (TPSA) is 66.5 Å². The molecule has 2 rings (SSSR count). The summed E-state index contributed by atoms with van der Waals surface area (Å²) in [5.74, 6) is -1.02. The zero-order valence-corrected chi connectivity index (χ0v) is 16.2. The van der Waals surface area contributed by atoms with E-state index in [0.29, 0.717) is 5.56 Å². The minimum absolute atomic E-state index is 0.0150. The smallest absolute Gasteiger partial charge is 0.253 e. The quantitative estimate of drug-likeness (QED) is 0.810. The van der Waals surface area contributed by atoms with Crippen molar-refractivity contribution in [3.05, 3.63) is 64.4 Å². The van der Waals surface area contributed by atoms with E-state index in [1.54, 1.807) is 32.0 Å². The third-order valence-electron chi connectivity index (χ3n) is 3.98. The summed E-state index contributed by atoms with van der Waals surface area (Å²) in [5, 5.41) is 2.67. The zero-order chi connectivity index (χ0) is 19.5. The summed E-state index contributed by atoms with van der Waals surface area (Å²) in [6, 6.07) is 9.76. The predicted octanol–water partition coefficient (Wildman–Crippen LogP) is 3.44. The van der Waals surface area contributed by atoms with Gasteiger partial charge in [0.2, 0.25) is 10.0 Å². The molecule has 1 N–H and O–H groups in total. The zero-order valence-electron chi connectivity index (χ0n) is 14.7. The molecule has 0 atom stereocenters. The van der Waals surface area contributed by atoms with E-state index < -0.39 is 21.7 Å². The predicted molar refractivity (Wildman–Crippen MR) is 99.1 cm³/mol. The summed E-state index contributed by atoms with van der Waals surface area (Å²) in [5.41, 5.74) is 0.335. The first-order valence-corrected chi connectivity index (χ1v) is 9.75. The third-order valence-corrected chi connectivity index (χ3v) is 6.34. The molecule has 0 aromatic heterocycles. The molecule has 2 aromatic rings. The van der Waals surface area contributed by atoms with Gasteiger partial charge in [-0.3, -0.25) is 4.79 Å². The maximum atomic E-state index is 13.6. The van der Waals surface area contributed by atoms with Crippen LogP contribution in [-0.2, 0) is 16.6 Å². The van der Waals surface area contributed by atoms with Crippen LogP contribution in [0.1, 0.15) is 29.8 Å². The number of hydrogen-bond acceptors (Lipinski definition) is 3. The van der Waals surface area contributed by atoms with Gasteiger partial charge in [0, 0.05) is 25.2 Å². The minimum Gasteiger partial charge on any atom is -0.348 e. The van der Waals surface area contributed by atoms with Gasteiger partial charge in [0.25, 0.3) is 5.91 Å². The van der Waals surface area contributed by atoms with E-state index in [0.717, 1.165) is 0 Å². The number of sulfonamides is 1. The van der Waals surface area contributed by atoms with Crippen LogP contribution >= 0.6 is 11.6 Å². The van der Waals surface area contributed by atoms with Gasteiger partial charge in [0.15, 0.2) is 0 Å². The average Bonchev–Trinajstić information content (AvgIpc) is 2.60. The lowest BCUT2D eigenvalue weighted by atomic mass is 10.2. The van der Waals surface area contributed by atoms with Gasteiger partial charge < -0.3 is 5.32 Å². The Morgan fingerprint density at radius 2 is 1.88 bits per heavy atom. The summed E-state index contributed by atoms with van der Waals surface area (Å²) in [4.78, 5) is 12.4. The third kappa shape index (κ3) is 4.41. The van der Waals surface area contributed by atoms with Crippen LogP contribution in [0.25, 0.3) is 0 Å². The van der Waals surface area contributed by atoms with E-state index in [-0.39, 0.29) is 28.1 Å². The van der Waals surface area contributed by atoms with Crippen molar-refractivity contribution in [3.63, 3.8) is 0 Å². The lowest BCUT2D eigenvalue weighted by Crippen LogP contribution is -2.33. The fourth-order valence-electron chi connectivity index (χ4n) is 2.20. The number of hydrogen-bond donors (Lipinski definition) is 1. The molecule has 26 heavy (non-hydrogen) atoms. The molecule has 0 unspecified atom stereocenters. The van der Waals surface area contributed by atoms with Crippen molar-refractivity contribution >= 4 is 27.5 Å². The maximum Gasteiger partial charge on any atom is 0.253 e. The van der Waals surface area contributed by atoms with Crippen molar-refractivity contribution in [3.8, 4) is 0 Å². The number of carbonyl (C=O) groups excluding carboxylic acids is 1. The Labute approximate surface area is 157 Å². The molecule has 0 bridgehead atoms. The van der Waals surface area contributed by atoms with Gasteiger partial charge in [-0.1, -0.05) is 29.8 Å². The lowest BCUT2D eigenvalue weighted by Gasteiger charge is -2.21. The van der Waals surface area contributed by atoms with Crippen LogP contribution in [0.3, 0.4) is 0 Å². The van der Waals surface area contributed by atoms with E-state index in [2.05, 4.69) is 5.32 Å². The van der Waals surface area contributed by atoms with E-state index in [4.69, 9.17) is 11.6 Å². The Morgan fingerprint density at radius 1 is 1.23 bits per heavy atom. The molecule has 0 radical (unpaired) electrons. The highest BCUT2D eigenvalue weighted by Gasteiger charge is 2.25. The molecule has 0 aliphatic rings. The van der Waals surface area contributed by atoms with Gasteiger partial charge in [-0.15, -0.1) is 0 Å². The van der Waals surface area contributed by atoms with Crippen LogP contribution in [0.5, 0.6) is 0 Å². The van der Waals surface area contributed by atoms with Gasteiger partial charge in [-0.2, -0.15) is 4.31 Å². The molecule has 1 amide bonds. The van der Waals surface area contributed by atoms with Gasteiger partial charge in [0.1, 0.15) is 5.82 Å². The highest BCUT2D eigenvalue weighted by molar-refractivity contribution is 7.89. The number of nitrogens with zero attached hydrogens (tertiary/aromatic N) is 1. The Balaban J connectivity index is 2.27. The molecule has 5 nitrogen and oxygen atoms in total. The standard InChI is InChI=1S/C18H20ClFN2O3S/c1-12(2)22(3)26(24,25)14-8-9-16(19)15(10-14)18(23)21-11-13-6-4-5-7-17(13)20/h4-10,12H,11H2,1-3H3,(H,21,23). The second-order valence-electron chi connectivity index (χ2n) is 6.03. The first kappa shape index (κ1) is 20.4. The summed E-state index contributed by atoms with van der Waals surface area (Å²) in [6.45, 7) is 3.45. The summed E-state index contributed by atoms with van der Waals surface area (Å²) >= 11 is 6.05. The minimum atomic E-state index is -3.75. The van der Waals surface area contributed by atoms with Crippen LogP contribution in [0.4, 0.5) is 4.39 Å². The van der Waals surface area contributed by atoms with Crippen LogP contribution in [0.15, 0.2) is 47.4 Å². The second-order valence-corrected chi connectivity index (χ2v) is 8.44. The molecule has 8 heteroatoms. The molecule has 0 heterocycles. The van der Waals surface area contributed by atoms with Crippen LogP contribution < -0.4 is 5.32 Å². The van der Waals surface area contributed by atoms with Crippen molar-refractivity contribution in [1.29, 1.82) is 0 Å². The van der Waals surface area contributed by atoms with Crippen molar-refractivity contribution in [2.45, 2.75) is 31.3 Å². The first-order chi connectivity index (χ1) is 12.1. The van der Waals surface area contributed by atoms with E-state index >= 15 is 0 Å². The van der Waals surface area contributed by atoms with Crippen molar-refractivity contribution < 1.29 is 17.6 Å². The van der Waals surface area contributed by atoms with E-state index in [1.807, 2.05) is 0 Å². The normalized spacial score (nSPS) is 11.8. The highest BCUT2D eigenvalue weighted by atomic mass is 35.5. The van der Waals surface area contributed by atoms with Crippen LogP contribution in [0, 0.1) is 5.82 Å². The Bertz CT molecular complexity index is 916. The largest absolute Gasteiger partial charge is 0.348 e. The van der Waals surface area contributed by atoms with Crippen molar-refractivity contribution in [2.24, 2.45) is 0 Å². The summed E-state index contributed by atoms with van der Waals surface area (Å²) < 4.78 is 40.0. The fraction of sp³-hybridized carbons (Fsp3) is 0.278. The summed E-state index contributed by atoms with van der Waals surface area (Å²) in [7, 11) is -2.29. The van der Waals surface area contributed by atoms with Crippen LogP contribution in [-0.4, -0.2) is 31.7 Å². The van der Waals surface area contributed by atoms with Gasteiger partial charge >= 0.3 is 0 Å². The fourth-order valence-corrected chi connectivity index (χ4v) is 3.79. The molecular formula is C18H20ClFN2O3S. The molecule has 0 saturated carbocycles. The molecule has 0 aliphatic carbocycles. The number of rotatable bonds is 6. The van der Waals surface area contributed by atoms with Gasteiger partial charge in [-0.25, -0.2) is 12.8 Å².